The summed E-state index contributed by atoms with van der Waals surface area (Å²) in [5.74, 6) is 0.162. The van der Waals surface area contributed by atoms with E-state index in [4.69, 9.17) is 0 Å². The van der Waals surface area contributed by atoms with E-state index in [1.54, 1.807) is 47.2 Å². The maximum atomic E-state index is 11.1. The van der Waals surface area contributed by atoms with Gasteiger partial charge in [-0.2, -0.15) is 0 Å². The molecule has 0 fully saturated rings. The van der Waals surface area contributed by atoms with Gasteiger partial charge in [-0.15, -0.1) is 0 Å². The molecule has 0 amide bonds. The number of rotatable bonds is 2. The van der Waals surface area contributed by atoms with Gasteiger partial charge in [0.2, 0.25) is 0 Å². The molecule has 0 saturated heterocycles. The van der Waals surface area contributed by atoms with Crippen molar-refractivity contribution in [2.75, 3.05) is 0 Å². The van der Waals surface area contributed by atoms with E-state index in [-0.39, 0.29) is 11.4 Å². The van der Waals surface area contributed by atoms with Gasteiger partial charge in [0.15, 0.2) is 0 Å². The van der Waals surface area contributed by atoms with Crippen molar-refractivity contribution in [1.29, 1.82) is 0 Å². The number of hydrogen-bond donors (Lipinski definition) is 1. The number of nitrogens with zero attached hydrogens (tertiary/aromatic N) is 2. The lowest BCUT2D eigenvalue weighted by molar-refractivity contribution is -0.384. The molecule has 0 saturated carbocycles. The lowest BCUT2D eigenvalue weighted by atomic mass is 10.2. The quantitative estimate of drug-likeness (QED) is 0.563. The third-order valence-electron chi connectivity index (χ3n) is 3.05. The molecule has 0 aliphatic heterocycles. The molecule has 19 heavy (non-hydrogen) atoms. The third-order valence-corrected chi connectivity index (χ3v) is 3.05. The van der Waals surface area contributed by atoms with E-state index in [0.717, 1.165) is 5.52 Å². The van der Waals surface area contributed by atoms with Crippen LogP contribution in [-0.4, -0.2) is 14.6 Å². The Morgan fingerprint density at radius 1 is 1.05 bits per heavy atom. The van der Waals surface area contributed by atoms with Crippen molar-refractivity contribution in [1.82, 2.24) is 4.57 Å². The highest BCUT2D eigenvalue weighted by molar-refractivity contribution is 5.88. The van der Waals surface area contributed by atoms with E-state index in [1.165, 1.54) is 6.07 Å². The van der Waals surface area contributed by atoms with Gasteiger partial charge in [0, 0.05) is 17.6 Å². The van der Waals surface area contributed by atoms with Crippen molar-refractivity contribution in [3.8, 4) is 11.4 Å². The molecular formula is C14H10N2O3. The smallest absolute Gasteiger partial charge is 0.293 e. The summed E-state index contributed by atoms with van der Waals surface area (Å²) in [6.07, 6.45) is 1.72. The number of phenols is 1. The van der Waals surface area contributed by atoms with Crippen molar-refractivity contribution in [2.45, 2.75) is 0 Å². The number of benzene rings is 2. The number of aromatic hydroxyl groups is 1. The first-order valence-electron chi connectivity index (χ1n) is 5.71. The van der Waals surface area contributed by atoms with Crippen molar-refractivity contribution in [2.24, 2.45) is 0 Å². The van der Waals surface area contributed by atoms with Crippen molar-refractivity contribution in [3.05, 3.63) is 64.8 Å². The van der Waals surface area contributed by atoms with Crippen LogP contribution in [0.15, 0.2) is 54.7 Å². The maximum absolute atomic E-state index is 11.1. The average Bonchev–Trinajstić information content (AvgIpc) is 2.84. The van der Waals surface area contributed by atoms with Gasteiger partial charge < -0.3 is 9.67 Å². The van der Waals surface area contributed by atoms with Gasteiger partial charge in [-0.25, -0.2) is 0 Å². The number of para-hydroxylation sites is 2. The van der Waals surface area contributed by atoms with Gasteiger partial charge >= 0.3 is 0 Å². The number of fused-ring (bicyclic) bond motifs is 1. The first-order chi connectivity index (χ1) is 9.18. The normalized spacial score (nSPS) is 10.7. The summed E-state index contributed by atoms with van der Waals surface area (Å²) in [7, 11) is 0. The first-order valence-corrected chi connectivity index (χ1v) is 5.71. The third kappa shape index (κ3) is 1.72. The summed E-state index contributed by atoms with van der Waals surface area (Å²) >= 11 is 0. The zero-order valence-corrected chi connectivity index (χ0v) is 9.85. The van der Waals surface area contributed by atoms with E-state index in [2.05, 4.69) is 0 Å². The largest absolute Gasteiger partial charge is 0.507 e. The average molecular weight is 254 g/mol. The van der Waals surface area contributed by atoms with E-state index in [0.29, 0.717) is 11.1 Å². The molecule has 0 aliphatic carbocycles. The SMILES string of the molecule is O=[N+]([O-])c1ccccc1-n1ccc2c(O)cccc21. The van der Waals surface area contributed by atoms with E-state index < -0.39 is 4.92 Å². The molecule has 3 aromatic rings. The number of nitro groups is 1. The Hall–Kier alpha value is -2.82. The highest BCUT2D eigenvalue weighted by atomic mass is 16.6. The Kier molecular flexibility index (Phi) is 2.45. The van der Waals surface area contributed by atoms with Crippen LogP contribution in [0.5, 0.6) is 5.75 Å². The lowest BCUT2D eigenvalue weighted by Crippen LogP contribution is -1.98. The van der Waals surface area contributed by atoms with Gasteiger partial charge in [0.25, 0.3) is 5.69 Å². The van der Waals surface area contributed by atoms with Crippen LogP contribution in [0.25, 0.3) is 16.6 Å². The van der Waals surface area contributed by atoms with Crippen molar-refractivity contribution in [3.63, 3.8) is 0 Å². The standard InChI is InChI=1S/C14H10N2O3/c17-14-7-3-6-11-10(14)8-9-15(11)12-4-1-2-5-13(12)16(18)19/h1-9,17H. The molecule has 0 unspecified atom stereocenters. The van der Waals surface area contributed by atoms with Crippen LogP contribution < -0.4 is 0 Å². The fraction of sp³-hybridized carbons (Fsp3) is 0. The van der Waals surface area contributed by atoms with Crippen LogP contribution in [0, 0.1) is 10.1 Å². The number of hydrogen-bond acceptors (Lipinski definition) is 3. The van der Waals surface area contributed by atoms with Gasteiger partial charge in [-0.1, -0.05) is 18.2 Å². The Labute approximate surface area is 108 Å². The second kappa shape index (κ2) is 4.13. The number of phenolic OH excluding ortho intramolecular Hbond substituents is 1. The fourth-order valence-electron chi connectivity index (χ4n) is 2.18. The molecule has 1 aromatic heterocycles. The van der Waals surface area contributed by atoms with Crippen LogP contribution in [0.2, 0.25) is 0 Å². The van der Waals surface area contributed by atoms with Gasteiger partial charge in [0.1, 0.15) is 11.4 Å². The van der Waals surface area contributed by atoms with Crippen LogP contribution in [0.1, 0.15) is 0 Å². The highest BCUT2D eigenvalue weighted by Gasteiger charge is 2.16. The molecule has 3 rings (SSSR count). The summed E-state index contributed by atoms with van der Waals surface area (Å²) in [4.78, 5) is 10.7. The molecule has 0 spiro atoms. The first kappa shape index (κ1) is 11.3. The molecule has 2 aromatic carbocycles. The summed E-state index contributed by atoms with van der Waals surface area (Å²) < 4.78 is 1.70. The Morgan fingerprint density at radius 2 is 1.84 bits per heavy atom. The van der Waals surface area contributed by atoms with E-state index >= 15 is 0 Å². The van der Waals surface area contributed by atoms with Gasteiger partial charge in [0.05, 0.1) is 10.4 Å². The molecular weight excluding hydrogens is 244 g/mol. The predicted octanol–water partition coefficient (Wildman–Crippen LogP) is 3.24. The lowest BCUT2D eigenvalue weighted by Gasteiger charge is -2.06. The van der Waals surface area contributed by atoms with Crippen molar-refractivity contribution < 1.29 is 10.0 Å². The minimum atomic E-state index is -0.413. The molecule has 5 nitrogen and oxygen atoms in total. The maximum Gasteiger partial charge on any atom is 0.293 e. The minimum Gasteiger partial charge on any atom is -0.507 e. The molecule has 0 radical (unpaired) electrons. The van der Waals surface area contributed by atoms with Crippen LogP contribution >= 0.6 is 0 Å². The molecule has 0 aliphatic rings. The zero-order valence-electron chi connectivity index (χ0n) is 9.85. The molecule has 0 atom stereocenters. The van der Waals surface area contributed by atoms with Crippen LogP contribution in [-0.2, 0) is 0 Å². The zero-order chi connectivity index (χ0) is 13.4. The van der Waals surface area contributed by atoms with Crippen LogP contribution in [0.4, 0.5) is 5.69 Å². The number of aromatic nitrogens is 1. The van der Waals surface area contributed by atoms with E-state index in [9.17, 15) is 15.2 Å². The predicted molar refractivity (Wildman–Crippen MR) is 71.6 cm³/mol. The molecule has 1 N–H and O–H groups in total. The molecule has 1 heterocycles. The monoisotopic (exact) mass is 254 g/mol. The summed E-state index contributed by atoms with van der Waals surface area (Å²) in [6.45, 7) is 0. The molecule has 0 bridgehead atoms. The number of nitro benzene ring substituents is 1. The van der Waals surface area contributed by atoms with E-state index in [1.807, 2.05) is 6.07 Å². The fourth-order valence-corrected chi connectivity index (χ4v) is 2.18. The Balaban J connectivity index is 2.32. The second-order valence-corrected chi connectivity index (χ2v) is 4.14. The second-order valence-electron chi connectivity index (χ2n) is 4.14. The summed E-state index contributed by atoms with van der Waals surface area (Å²) in [6, 6.07) is 13.4. The summed E-state index contributed by atoms with van der Waals surface area (Å²) in [5, 5.41) is 21.5. The Morgan fingerprint density at radius 3 is 2.63 bits per heavy atom. The Bertz CT molecular complexity index is 777. The molecule has 94 valence electrons. The van der Waals surface area contributed by atoms with Crippen LogP contribution in [0.3, 0.4) is 0 Å². The molecule has 5 heteroatoms. The summed E-state index contributed by atoms with van der Waals surface area (Å²) in [5.41, 5.74) is 1.24. The van der Waals surface area contributed by atoms with Gasteiger partial charge in [-0.3, -0.25) is 10.1 Å². The minimum absolute atomic E-state index is 0.0309. The van der Waals surface area contributed by atoms with Gasteiger partial charge in [-0.05, 0) is 24.3 Å². The highest BCUT2D eigenvalue weighted by Crippen LogP contribution is 2.30. The van der Waals surface area contributed by atoms with Crippen molar-refractivity contribution >= 4 is 16.6 Å². The topological polar surface area (TPSA) is 68.3 Å².